The van der Waals surface area contributed by atoms with Gasteiger partial charge in [-0.1, -0.05) is 24.3 Å². The second kappa shape index (κ2) is 6.12. The van der Waals surface area contributed by atoms with Crippen molar-refractivity contribution < 1.29 is 18.3 Å². The first kappa shape index (κ1) is 15.1. The number of fused-ring (bicyclic) bond motifs is 1. The van der Waals surface area contributed by atoms with Crippen molar-refractivity contribution in [3.63, 3.8) is 0 Å². The Morgan fingerprint density at radius 3 is 2.78 bits per heavy atom. The van der Waals surface area contributed by atoms with E-state index in [0.29, 0.717) is 10.4 Å². The highest BCUT2D eigenvalue weighted by Crippen LogP contribution is 2.29. The molecule has 0 aliphatic heterocycles. The normalized spacial score (nSPS) is 11.1. The summed E-state index contributed by atoms with van der Waals surface area (Å²) in [6, 6.07) is 9.13. The SMILES string of the molecule is CCOC(=O)c1cn(C(F)F)nc1-c1nccc2ccccc12. The van der Waals surface area contributed by atoms with E-state index < -0.39 is 12.5 Å². The molecule has 0 amide bonds. The number of ether oxygens (including phenoxy) is 1. The number of rotatable bonds is 4. The number of benzene rings is 1. The zero-order valence-corrected chi connectivity index (χ0v) is 12.2. The van der Waals surface area contributed by atoms with Crippen LogP contribution in [0.5, 0.6) is 0 Å². The van der Waals surface area contributed by atoms with Crippen molar-refractivity contribution in [2.45, 2.75) is 13.5 Å². The van der Waals surface area contributed by atoms with Gasteiger partial charge in [0.25, 0.3) is 0 Å². The number of halogens is 2. The van der Waals surface area contributed by atoms with Crippen molar-refractivity contribution in [1.29, 1.82) is 0 Å². The largest absolute Gasteiger partial charge is 0.462 e. The van der Waals surface area contributed by atoms with Gasteiger partial charge in [-0.05, 0) is 18.4 Å². The van der Waals surface area contributed by atoms with Gasteiger partial charge in [-0.3, -0.25) is 4.98 Å². The molecule has 0 radical (unpaired) electrons. The van der Waals surface area contributed by atoms with Crippen LogP contribution in [0.15, 0.2) is 42.7 Å². The summed E-state index contributed by atoms with van der Waals surface area (Å²) < 4.78 is 31.3. The summed E-state index contributed by atoms with van der Waals surface area (Å²) in [5.41, 5.74) is 0.419. The first-order valence-electron chi connectivity index (χ1n) is 7.00. The van der Waals surface area contributed by atoms with E-state index in [0.717, 1.165) is 17.0 Å². The van der Waals surface area contributed by atoms with E-state index in [1.807, 2.05) is 18.2 Å². The van der Waals surface area contributed by atoms with Crippen molar-refractivity contribution in [3.05, 3.63) is 48.3 Å². The third kappa shape index (κ3) is 2.77. The van der Waals surface area contributed by atoms with Gasteiger partial charge >= 0.3 is 12.5 Å². The first-order valence-corrected chi connectivity index (χ1v) is 7.00. The Morgan fingerprint density at radius 2 is 2.04 bits per heavy atom. The van der Waals surface area contributed by atoms with E-state index in [4.69, 9.17) is 4.74 Å². The Balaban J connectivity index is 2.23. The van der Waals surface area contributed by atoms with Crippen LogP contribution in [-0.2, 0) is 4.74 Å². The number of nitrogens with zero attached hydrogens (tertiary/aromatic N) is 3. The highest BCUT2D eigenvalue weighted by Gasteiger charge is 2.23. The number of carbonyl (C=O) groups is 1. The smallest absolute Gasteiger partial charge is 0.342 e. The molecule has 5 nitrogen and oxygen atoms in total. The summed E-state index contributed by atoms with van der Waals surface area (Å²) in [5, 5.41) is 5.43. The molecule has 0 saturated carbocycles. The molecule has 0 spiro atoms. The maximum atomic E-state index is 13.0. The maximum Gasteiger partial charge on any atom is 0.342 e. The van der Waals surface area contributed by atoms with Crippen LogP contribution in [0.2, 0.25) is 0 Å². The van der Waals surface area contributed by atoms with Gasteiger partial charge in [-0.25, -0.2) is 9.48 Å². The predicted octanol–water partition coefficient (Wildman–Crippen LogP) is 3.67. The van der Waals surface area contributed by atoms with Crippen molar-refractivity contribution >= 4 is 16.7 Å². The van der Waals surface area contributed by atoms with E-state index in [-0.39, 0.29) is 17.9 Å². The van der Waals surface area contributed by atoms with Crippen LogP contribution >= 0.6 is 0 Å². The molecule has 23 heavy (non-hydrogen) atoms. The molecule has 3 aromatic rings. The number of alkyl halides is 2. The Morgan fingerprint density at radius 1 is 1.26 bits per heavy atom. The molecule has 0 saturated heterocycles. The van der Waals surface area contributed by atoms with Gasteiger partial charge in [0.1, 0.15) is 11.3 Å². The number of carbonyl (C=O) groups excluding carboxylic acids is 1. The highest BCUT2D eigenvalue weighted by atomic mass is 19.3. The molecule has 0 aliphatic rings. The number of pyridine rings is 1. The summed E-state index contributed by atoms with van der Waals surface area (Å²) >= 11 is 0. The Kier molecular flexibility index (Phi) is 4.01. The lowest BCUT2D eigenvalue weighted by molar-refractivity contribution is 0.0516. The molecule has 0 N–H and O–H groups in total. The Hall–Kier alpha value is -2.83. The summed E-state index contributed by atoms with van der Waals surface area (Å²) in [5.74, 6) is -0.705. The van der Waals surface area contributed by atoms with Gasteiger partial charge < -0.3 is 4.74 Å². The number of aromatic nitrogens is 3. The second-order valence-electron chi connectivity index (χ2n) is 4.75. The lowest BCUT2D eigenvalue weighted by Crippen LogP contribution is -2.05. The zero-order chi connectivity index (χ0) is 16.4. The molecule has 1 aromatic carbocycles. The lowest BCUT2D eigenvalue weighted by atomic mass is 10.1. The molecule has 2 aromatic heterocycles. The predicted molar refractivity (Wildman–Crippen MR) is 80.2 cm³/mol. The van der Waals surface area contributed by atoms with Crippen molar-refractivity contribution in [1.82, 2.24) is 14.8 Å². The van der Waals surface area contributed by atoms with Crippen LogP contribution in [0.1, 0.15) is 23.8 Å². The summed E-state index contributed by atoms with van der Waals surface area (Å²) in [6.07, 6.45) is 2.54. The minimum atomic E-state index is -2.85. The fraction of sp³-hybridized carbons (Fsp3) is 0.188. The Labute approximate surface area is 130 Å². The average Bonchev–Trinajstić information content (AvgIpc) is 3.00. The molecule has 3 rings (SSSR count). The lowest BCUT2D eigenvalue weighted by Gasteiger charge is -2.05. The van der Waals surface area contributed by atoms with Crippen molar-refractivity contribution in [2.75, 3.05) is 6.61 Å². The van der Waals surface area contributed by atoms with Gasteiger partial charge in [-0.15, -0.1) is 0 Å². The Bertz CT molecular complexity index is 856. The maximum absolute atomic E-state index is 13.0. The first-order chi connectivity index (χ1) is 11.1. The van der Waals surface area contributed by atoms with Crippen LogP contribution in [-0.4, -0.2) is 27.3 Å². The van der Waals surface area contributed by atoms with E-state index in [1.54, 1.807) is 25.3 Å². The van der Waals surface area contributed by atoms with Crippen LogP contribution < -0.4 is 0 Å². The summed E-state index contributed by atoms with van der Waals surface area (Å²) in [7, 11) is 0. The molecule has 0 atom stereocenters. The van der Waals surface area contributed by atoms with Crippen LogP contribution in [0.25, 0.3) is 22.2 Å². The van der Waals surface area contributed by atoms with Gasteiger partial charge in [0.2, 0.25) is 0 Å². The van der Waals surface area contributed by atoms with E-state index in [2.05, 4.69) is 10.1 Å². The molecule has 0 aliphatic carbocycles. The third-order valence-electron chi connectivity index (χ3n) is 3.33. The molecule has 0 fully saturated rings. The van der Waals surface area contributed by atoms with Crippen molar-refractivity contribution in [3.8, 4) is 11.4 Å². The molecule has 7 heteroatoms. The fourth-order valence-electron chi connectivity index (χ4n) is 2.33. The van der Waals surface area contributed by atoms with Crippen LogP contribution in [0.4, 0.5) is 8.78 Å². The molecule has 0 unspecified atom stereocenters. The van der Waals surface area contributed by atoms with E-state index in [1.165, 1.54) is 0 Å². The zero-order valence-electron chi connectivity index (χ0n) is 12.2. The standard InChI is InChI=1S/C16H13F2N3O2/c1-2-23-15(22)12-9-21(16(17)18)20-14(12)13-11-6-4-3-5-10(11)7-8-19-13/h3-9,16H,2H2,1H3. The van der Waals surface area contributed by atoms with Gasteiger partial charge in [-0.2, -0.15) is 13.9 Å². The third-order valence-corrected chi connectivity index (χ3v) is 3.33. The average molecular weight is 317 g/mol. The number of hydrogen-bond acceptors (Lipinski definition) is 4. The van der Waals surface area contributed by atoms with Gasteiger partial charge in [0.15, 0.2) is 0 Å². The van der Waals surface area contributed by atoms with Gasteiger partial charge in [0, 0.05) is 17.8 Å². The summed E-state index contributed by atoms with van der Waals surface area (Å²) in [6.45, 7) is -1.07. The fourth-order valence-corrected chi connectivity index (χ4v) is 2.33. The molecule has 0 bridgehead atoms. The number of hydrogen-bond donors (Lipinski definition) is 0. The summed E-state index contributed by atoms with van der Waals surface area (Å²) in [4.78, 5) is 16.3. The van der Waals surface area contributed by atoms with Crippen molar-refractivity contribution in [2.24, 2.45) is 0 Å². The molecule has 118 valence electrons. The topological polar surface area (TPSA) is 57.0 Å². The minimum Gasteiger partial charge on any atom is -0.462 e. The molecular formula is C16H13F2N3O2. The van der Waals surface area contributed by atoms with E-state index in [9.17, 15) is 13.6 Å². The van der Waals surface area contributed by atoms with Gasteiger partial charge in [0.05, 0.1) is 12.3 Å². The van der Waals surface area contributed by atoms with E-state index >= 15 is 0 Å². The highest BCUT2D eigenvalue weighted by molar-refractivity contribution is 6.01. The van der Waals surface area contributed by atoms with Crippen LogP contribution in [0.3, 0.4) is 0 Å². The van der Waals surface area contributed by atoms with Crippen LogP contribution in [0, 0.1) is 0 Å². The molecule has 2 heterocycles. The second-order valence-corrected chi connectivity index (χ2v) is 4.75. The number of esters is 1. The quantitative estimate of drug-likeness (QED) is 0.689. The minimum absolute atomic E-state index is 0.0315. The monoisotopic (exact) mass is 317 g/mol. The molecular weight excluding hydrogens is 304 g/mol.